The van der Waals surface area contributed by atoms with E-state index in [1.807, 2.05) is 6.07 Å². The van der Waals surface area contributed by atoms with E-state index in [0.29, 0.717) is 16.5 Å². The normalized spacial score (nSPS) is 19.3. The number of halogens is 1. The van der Waals surface area contributed by atoms with Gasteiger partial charge in [-0.05, 0) is 50.1 Å². The molecule has 0 spiro atoms. The van der Waals surface area contributed by atoms with Crippen molar-refractivity contribution in [3.63, 3.8) is 0 Å². The Hall–Kier alpha value is -2.17. The van der Waals surface area contributed by atoms with Crippen LogP contribution in [-0.2, 0) is 4.74 Å². The summed E-state index contributed by atoms with van der Waals surface area (Å²) in [6.07, 6.45) is 1.73. The van der Waals surface area contributed by atoms with Crippen molar-refractivity contribution < 1.29 is 14.2 Å². The first kappa shape index (κ1) is 17.3. The summed E-state index contributed by atoms with van der Waals surface area (Å²) in [6, 6.07) is 7.83. The minimum absolute atomic E-state index is 0.109. The highest BCUT2D eigenvalue weighted by atomic mass is 35.5. The van der Waals surface area contributed by atoms with Crippen molar-refractivity contribution in [2.24, 2.45) is 0 Å². The molecular weight excluding hydrogens is 350 g/mol. The summed E-state index contributed by atoms with van der Waals surface area (Å²) in [6.45, 7) is 6.43. The fraction of sp³-hybridized carbons (Fsp3) is 0.333. The number of rotatable bonds is 2. The van der Waals surface area contributed by atoms with E-state index in [4.69, 9.17) is 25.8 Å². The van der Waals surface area contributed by atoms with Gasteiger partial charge in [-0.1, -0.05) is 23.7 Å². The number of hydrogen-bond donors (Lipinski definition) is 1. The number of allylic oxidation sites excluding steroid dienone is 1. The Kier molecular flexibility index (Phi) is 3.94. The molecule has 5 heteroatoms. The standard InChI is InChI=1S/C21H22ClNO3/c1-11-10-21(2,3)23-14-8-6-12-17-15(9-7-13(22)19(17)24-4)26-20(25-5)18(12)16(11)14/h6-10,20,23H,1-5H3. The zero-order chi connectivity index (χ0) is 18.6. The Labute approximate surface area is 158 Å². The van der Waals surface area contributed by atoms with Crippen molar-refractivity contribution in [1.82, 2.24) is 0 Å². The largest absolute Gasteiger partial charge is 0.494 e. The minimum atomic E-state index is -0.496. The molecule has 1 atom stereocenters. The second kappa shape index (κ2) is 5.93. The third kappa shape index (κ3) is 2.48. The Morgan fingerprint density at radius 3 is 2.58 bits per heavy atom. The first-order valence-corrected chi connectivity index (χ1v) is 8.95. The average Bonchev–Trinajstić information content (AvgIpc) is 2.59. The highest BCUT2D eigenvalue weighted by Gasteiger charge is 2.35. The quantitative estimate of drug-likeness (QED) is 0.739. The lowest BCUT2D eigenvalue weighted by atomic mass is 9.83. The topological polar surface area (TPSA) is 39.7 Å². The number of ether oxygens (including phenoxy) is 3. The predicted octanol–water partition coefficient (Wildman–Crippen LogP) is 5.66. The molecule has 0 bridgehead atoms. The molecule has 136 valence electrons. The number of fused-ring (bicyclic) bond motifs is 5. The smallest absolute Gasteiger partial charge is 0.227 e. The highest BCUT2D eigenvalue weighted by molar-refractivity contribution is 6.32. The van der Waals surface area contributed by atoms with Gasteiger partial charge in [0.25, 0.3) is 0 Å². The number of hydrogen-bond acceptors (Lipinski definition) is 4. The van der Waals surface area contributed by atoms with E-state index in [9.17, 15) is 0 Å². The van der Waals surface area contributed by atoms with Crippen molar-refractivity contribution in [3.05, 3.63) is 46.5 Å². The molecule has 0 radical (unpaired) electrons. The fourth-order valence-electron chi connectivity index (χ4n) is 4.04. The molecule has 2 aromatic carbocycles. The monoisotopic (exact) mass is 371 g/mol. The van der Waals surface area contributed by atoms with Crippen LogP contribution in [-0.4, -0.2) is 19.8 Å². The van der Waals surface area contributed by atoms with Crippen molar-refractivity contribution >= 4 is 22.9 Å². The molecular formula is C21H22ClNO3. The van der Waals surface area contributed by atoms with Crippen molar-refractivity contribution in [3.8, 4) is 22.6 Å². The van der Waals surface area contributed by atoms with Gasteiger partial charge in [0.1, 0.15) is 11.5 Å². The number of nitrogens with one attached hydrogen (secondary N) is 1. The summed E-state index contributed by atoms with van der Waals surface area (Å²) in [7, 11) is 3.28. The Morgan fingerprint density at radius 1 is 1.12 bits per heavy atom. The van der Waals surface area contributed by atoms with Gasteiger partial charge in [-0.3, -0.25) is 0 Å². The van der Waals surface area contributed by atoms with Crippen molar-refractivity contribution in [2.75, 3.05) is 19.5 Å². The zero-order valence-corrected chi connectivity index (χ0v) is 16.3. The molecule has 2 aliphatic heterocycles. The van der Waals surface area contributed by atoms with E-state index in [2.05, 4.69) is 44.3 Å². The molecule has 1 N–H and O–H groups in total. The molecule has 26 heavy (non-hydrogen) atoms. The lowest BCUT2D eigenvalue weighted by molar-refractivity contribution is -0.0580. The second-order valence-corrected chi connectivity index (χ2v) is 7.67. The van der Waals surface area contributed by atoms with Gasteiger partial charge >= 0.3 is 0 Å². The minimum Gasteiger partial charge on any atom is -0.494 e. The van der Waals surface area contributed by atoms with Crippen LogP contribution in [0.2, 0.25) is 5.02 Å². The summed E-state index contributed by atoms with van der Waals surface area (Å²) in [5.41, 5.74) is 6.15. The highest BCUT2D eigenvalue weighted by Crippen LogP contribution is 2.53. The number of anilines is 1. The van der Waals surface area contributed by atoms with Crippen LogP contribution in [0, 0.1) is 0 Å². The van der Waals surface area contributed by atoms with Crippen LogP contribution in [0.4, 0.5) is 5.69 Å². The second-order valence-electron chi connectivity index (χ2n) is 7.26. The van der Waals surface area contributed by atoms with Crippen LogP contribution in [0.1, 0.15) is 38.2 Å². The number of methoxy groups -OCH3 is 2. The first-order chi connectivity index (χ1) is 12.4. The maximum Gasteiger partial charge on any atom is 0.227 e. The van der Waals surface area contributed by atoms with E-state index >= 15 is 0 Å². The van der Waals surface area contributed by atoms with Crippen LogP contribution >= 0.6 is 11.6 Å². The zero-order valence-electron chi connectivity index (χ0n) is 15.6. The van der Waals surface area contributed by atoms with Crippen LogP contribution < -0.4 is 14.8 Å². The predicted molar refractivity (Wildman–Crippen MR) is 105 cm³/mol. The van der Waals surface area contributed by atoms with E-state index in [1.165, 1.54) is 5.57 Å². The van der Waals surface area contributed by atoms with E-state index < -0.39 is 6.29 Å². The number of benzene rings is 2. The van der Waals surface area contributed by atoms with Gasteiger partial charge in [-0.25, -0.2) is 0 Å². The van der Waals surface area contributed by atoms with E-state index in [0.717, 1.165) is 27.9 Å². The van der Waals surface area contributed by atoms with Gasteiger partial charge in [0.2, 0.25) is 6.29 Å². The Morgan fingerprint density at radius 2 is 1.88 bits per heavy atom. The van der Waals surface area contributed by atoms with Crippen LogP contribution in [0.25, 0.3) is 16.7 Å². The van der Waals surface area contributed by atoms with Gasteiger partial charge in [0.05, 0.1) is 23.2 Å². The van der Waals surface area contributed by atoms with Crippen LogP contribution in [0.5, 0.6) is 11.5 Å². The maximum atomic E-state index is 6.37. The molecule has 2 aromatic rings. The lowest BCUT2D eigenvalue weighted by Crippen LogP contribution is -2.32. The summed E-state index contributed by atoms with van der Waals surface area (Å²) in [4.78, 5) is 0. The van der Waals surface area contributed by atoms with Gasteiger partial charge in [0, 0.05) is 23.9 Å². The molecule has 2 heterocycles. The van der Waals surface area contributed by atoms with Crippen molar-refractivity contribution in [1.29, 1.82) is 0 Å². The van der Waals surface area contributed by atoms with Gasteiger partial charge in [-0.2, -0.15) is 0 Å². The first-order valence-electron chi connectivity index (χ1n) is 8.57. The Bertz CT molecular complexity index is 933. The summed E-state index contributed by atoms with van der Waals surface area (Å²) < 4.78 is 17.4. The SMILES string of the molecule is COc1c(Cl)ccc2c1-c1ccc3c(c1C(OC)O2)C(C)=CC(C)(C)N3. The summed E-state index contributed by atoms with van der Waals surface area (Å²) in [5.74, 6) is 1.32. The molecule has 0 amide bonds. The Balaban J connectivity index is 2.05. The molecule has 4 rings (SSSR count). The molecule has 0 saturated heterocycles. The molecule has 0 aromatic heterocycles. The molecule has 1 unspecified atom stereocenters. The third-order valence-electron chi connectivity index (χ3n) is 4.90. The summed E-state index contributed by atoms with van der Waals surface area (Å²) in [5, 5.41) is 4.14. The molecule has 0 aliphatic carbocycles. The molecule has 0 fully saturated rings. The lowest BCUT2D eigenvalue weighted by Gasteiger charge is -2.36. The summed E-state index contributed by atoms with van der Waals surface area (Å²) >= 11 is 6.37. The van der Waals surface area contributed by atoms with E-state index in [-0.39, 0.29) is 5.54 Å². The van der Waals surface area contributed by atoms with Gasteiger partial charge in [0.15, 0.2) is 0 Å². The maximum absolute atomic E-state index is 6.37. The fourth-order valence-corrected chi connectivity index (χ4v) is 4.27. The molecule has 4 nitrogen and oxygen atoms in total. The van der Waals surface area contributed by atoms with Gasteiger partial charge in [-0.15, -0.1) is 0 Å². The van der Waals surface area contributed by atoms with E-state index in [1.54, 1.807) is 20.3 Å². The van der Waals surface area contributed by atoms with Crippen LogP contribution in [0.15, 0.2) is 30.3 Å². The van der Waals surface area contributed by atoms with Crippen LogP contribution in [0.3, 0.4) is 0 Å². The van der Waals surface area contributed by atoms with Gasteiger partial charge < -0.3 is 19.5 Å². The third-order valence-corrected chi connectivity index (χ3v) is 5.20. The van der Waals surface area contributed by atoms with Crippen molar-refractivity contribution in [2.45, 2.75) is 32.6 Å². The molecule has 2 aliphatic rings. The molecule has 0 saturated carbocycles. The average molecular weight is 372 g/mol.